The van der Waals surface area contributed by atoms with Crippen molar-refractivity contribution >= 4 is 43.9 Å². The number of aromatic nitrogens is 2. The van der Waals surface area contributed by atoms with Crippen molar-refractivity contribution in [3.8, 4) is 6.07 Å². The molecule has 0 unspecified atom stereocenters. The standard InChI is InChI=1S/C12H12BrN5S/c1-17(6-5-14)10-7-11(16-8-15-10)18(2)12-4-3-9(13)19-12/h3-4,7-8H,6H2,1-2H3. The van der Waals surface area contributed by atoms with Gasteiger partial charge in [0.15, 0.2) is 0 Å². The van der Waals surface area contributed by atoms with Gasteiger partial charge in [0.05, 0.1) is 14.9 Å². The molecular formula is C12H12BrN5S. The van der Waals surface area contributed by atoms with Crippen molar-refractivity contribution in [1.82, 2.24) is 9.97 Å². The molecule has 2 rings (SSSR count). The first-order valence-corrected chi connectivity index (χ1v) is 7.12. The lowest BCUT2D eigenvalue weighted by Gasteiger charge is -2.19. The van der Waals surface area contributed by atoms with Crippen molar-refractivity contribution in [2.45, 2.75) is 0 Å². The number of nitrogens with zero attached hydrogens (tertiary/aromatic N) is 5. The van der Waals surface area contributed by atoms with E-state index in [2.05, 4.69) is 32.0 Å². The molecule has 0 bridgehead atoms. The van der Waals surface area contributed by atoms with Gasteiger partial charge in [0, 0.05) is 20.2 Å². The Balaban J connectivity index is 2.26. The van der Waals surface area contributed by atoms with Gasteiger partial charge in [-0.15, -0.1) is 11.3 Å². The van der Waals surface area contributed by atoms with Crippen LogP contribution in [-0.2, 0) is 0 Å². The molecule has 2 aromatic heterocycles. The molecule has 0 aliphatic heterocycles. The van der Waals surface area contributed by atoms with Crippen LogP contribution in [-0.4, -0.2) is 30.6 Å². The lowest BCUT2D eigenvalue weighted by atomic mass is 10.4. The van der Waals surface area contributed by atoms with Crippen LogP contribution in [0.5, 0.6) is 0 Å². The first-order valence-electron chi connectivity index (χ1n) is 5.51. The van der Waals surface area contributed by atoms with Crippen LogP contribution < -0.4 is 9.80 Å². The molecule has 0 N–H and O–H groups in total. The predicted octanol–water partition coefficient (Wildman–Crippen LogP) is 3.03. The predicted molar refractivity (Wildman–Crippen MR) is 81.0 cm³/mol. The topological polar surface area (TPSA) is 56.1 Å². The summed E-state index contributed by atoms with van der Waals surface area (Å²) in [7, 11) is 3.78. The first kappa shape index (κ1) is 13.8. The summed E-state index contributed by atoms with van der Waals surface area (Å²) in [6.07, 6.45) is 1.51. The van der Waals surface area contributed by atoms with E-state index in [1.54, 1.807) is 16.2 Å². The molecule has 98 valence electrons. The van der Waals surface area contributed by atoms with E-state index in [-0.39, 0.29) is 0 Å². The Morgan fingerprint density at radius 2 is 2.05 bits per heavy atom. The van der Waals surface area contributed by atoms with Gasteiger partial charge >= 0.3 is 0 Å². The Hall–Kier alpha value is -1.65. The molecule has 0 amide bonds. The normalized spacial score (nSPS) is 10.0. The van der Waals surface area contributed by atoms with E-state index in [0.717, 1.165) is 20.4 Å². The van der Waals surface area contributed by atoms with Crippen molar-refractivity contribution < 1.29 is 0 Å². The van der Waals surface area contributed by atoms with E-state index < -0.39 is 0 Å². The summed E-state index contributed by atoms with van der Waals surface area (Å²) >= 11 is 5.08. The number of halogens is 1. The maximum Gasteiger partial charge on any atom is 0.138 e. The SMILES string of the molecule is CN(CC#N)c1cc(N(C)c2ccc(Br)s2)ncn1. The Labute approximate surface area is 124 Å². The second kappa shape index (κ2) is 5.99. The Bertz CT molecular complexity index is 606. The van der Waals surface area contributed by atoms with E-state index in [1.807, 2.05) is 37.2 Å². The third-order valence-electron chi connectivity index (χ3n) is 2.57. The van der Waals surface area contributed by atoms with Crippen LogP contribution in [0.25, 0.3) is 0 Å². The van der Waals surface area contributed by atoms with E-state index >= 15 is 0 Å². The molecule has 0 aliphatic rings. The van der Waals surface area contributed by atoms with Crippen molar-refractivity contribution in [2.24, 2.45) is 0 Å². The van der Waals surface area contributed by atoms with Crippen LogP contribution in [0.2, 0.25) is 0 Å². The molecule has 0 fully saturated rings. The zero-order valence-corrected chi connectivity index (χ0v) is 12.9. The number of thiophene rings is 1. The third-order valence-corrected chi connectivity index (χ3v) is 4.27. The Kier molecular flexibility index (Phi) is 4.35. The van der Waals surface area contributed by atoms with Crippen molar-refractivity contribution in [3.63, 3.8) is 0 Å². The van der Waals surface area contributed by atoms with Gasteiger partial charge in [-0.05, 0) is 28.1 Å². The van der Waals surface area contributed by atoms with Crippen LogP contribution in [0.4, 0.5) is 16.6 Å². The van der Waals surface area contributed by atoms with Gasteiger partial charge in [-0.3, -0.25) is 0 Å². The molecule has 0 aliphatic carbocycles. The number of rotatable bonds is 4. The maximum absolute atomic E-state index is 8.71. The fraction of sp³-hybridized carbons (Fsp3) is 0.250. The average Bonchev–Trinajstić information content (AvgIpc) is 2.85. The smallest absolute Gasteiger partial charge is 0.138 e. The molecule has 7 heteroatoms. The minimum atomic E-state index is 0.296. The van der Waals surface area contributed by atoms with Crippen LogP contribution in [0.15, 0.2) is 28.3 Å². The van der Waals surface area contributed by atoms with E-state index in [4.69, 9.17) is 5.26 Å². The lowest BCUT2D eigenvalue weighted by molar-refractivity contribution is 0.972. The van der Waals surface area contributed by atoms with Crippen LogP contribution in [0.1, 0.15) is 0 Å². The Morgan fingerprint density at radius 1 is 1.32 bits per heavy atom. The summed E-state index contributed by atoms with van der Waals surface area (Å²) in [5.74, 6) is 1.53. The molecule has 0 aromatic carbocycles. The third kappa shape index (κ3) is 3.22. The molecule has 0 atom stereocenters. The highest BCUT2D eigenvalue weighted by Gasteiger charge is 2.10. The van der Waals surface area contributed by atoms with Gasteiger partial charge < -0.3 is 9.80 Å². The minimum absolute atomic E-state index is 0.296. The molecule has 0 spiro atoms. The monoisotopic (exact) mass is 337 g/mol. The largest absolute Gasteiger partial charge is 0.346 e. The number of hydrogen-bond acceptors (Lipinski definition) is 6. The summed E-state index contributed by atoms with van der Waals surface area (Å²) in [5.41, 5.74) is 0. The van der Waals surface area contributed by atoms with Crippen molar-refractivity contribution in [2.75, 3.05) is 30.4 Å². The van der Waals surface area contributed by atoms with E-state index in [1.165, 1.54) is 6.33 Å². The zero-order chi connectivity index (χ0) is 13.8. The average molecular weight is 338 g/mol. The van der Waals surface area contributed by atoms with Gasteiger partial charge in [-0.1, -0.05) is 0 Å². The van der Waals surface area contributed by atoms with E-state index in [9.17, 15) is 0 Å². The summed E-state index contributed by atoms with van der Waals surface area (Å²) in [5, 5.41) is 9.79. The van der Waals surface area contributed by atoms with Crippen LogP contribution in [0.3, 0.4) is 0 Å². The van der Waals surface area contributed by atoms with Crippen molar-refractivity contribution in [3.05, 3.63) is 28.3 Å². The number of nitriles is 1. The second-order valence-corrected chi connectivity index (χ2v) is 6.33. The fourth-order valence-electron chi connectivity index (χ4n) is 1.51. The fourth-order valence-corrected chi connectivity index (χ4v) is 2.85. The number of hydrogen-bond donors (Lipinski definition) is 0. The molecule has 0 saturated heterocycles. The van der Waals surface area contributed by atoms with Gasteiger partial charge in [-0.2, -0.15) is 5.26 Å². The molecular weight excluding hydrogens is 326 g/mol. The van der Waals surface area contributed by atoms with Gasteiger partial charge in [0.1, 0.15) is 24.5 Å². The van der Waals surface area contributed by atoms with Crippen LogP contribution in [0, 0.1) is 11.3 Å². The molecule has 0 saturated carbocycles. The highest BCUT2D eigenvalue weighted by molar-refractivity contribution is 9.11. The van der Waals surface area contributed by atoms with Gasteiger partial charge in [0.2, 0.25) is 0 Å². The second-order valence-electron chi connectivity index (χ2n) is 3.89. The quantitative estimate of drug-likeness (QED) is 0.802. The van der Waals surface area contributed by atoms with Gasteiger partial charge in [0.25, 0.3) is 0 Å². The van der Waals surface area contributed by atoms with Gasteiger partial charge in [-0.25, -0.2) is 9.97 Å². The zero-order valence-electron chi connectivity index (χ0n) is 10.5. The summed E-state index contributed by atoms with van der Waals surface area (Å²) < 4.78 is 1.07. The maximum atomic E-state index is 8.71. The summed E-state index contributed by atoms with van der Waals surface area (Å²) in [4.78, 5) is 12.2. The minimum Gasteiger partial charge on any atom is -0.346 e. The summed E-state index contributed by atoms with van der Waals surface area (Å²) in [6.45, 7) is 0.296. The summed E-state index contributed by atoms with van der Waals surface area (Å²) in [6, 6.07) is 7.99. The highest BCUT2D eigenvalue weighted by atomic mass is 79.9. The first-order chi connectivity index (χ1) is 9.11. The van der Waals surface area contributed by atoms with Crippen LogP contribution >= 0.6 is 27.3 Å². The van der Waals surface area contributed by atoms with E-state index in [0.29, 0.717) is 6.54 Å². The molecule has 2 heterocycles. The lowest BCUT2D eigenvalue weighted by Crippen LogP contribution is -2.19. The molecule has 5 nitrogen and oxygen atoms in total. The van der Waals surface area contributed by atoms with Crippen molar-refractivity contribution in [1.29, 1.82) is 5.26 Å². The molecule has 0 radical (unpaired) electrons. The molecule has 19 heavy (non-hydrogen) atoms. The Morgan fingerprint density at radius 3 is 2.68 bits per heavy atom. The number of anilines is 3. The molecule has 2 aromatic rings. The highest BCUT2D eigenvalue weighted by Crippen LogP contribution is 2.33.